The van der Waals surface area contributed by atoms with Crippen molar-refractivity contribution >= 4 is 17.0 Å². The third-order valence-electron chi connectivity index (χ3n) is 4.45. The van der Waals surface area contributed by atoms with Crippen LogP contribution in [0.2, 0.25) is 0 Å². The molecule has 1 aromatic carbocycles. The lowest BCUT2D eigenvalue weighted by Gasteiger charge is -2.34. The van der Waals surface area contributed by atoms with Gasteiger partial charge in [-0.2, -0.15) is 0 Å². The minimum atomic E-state index is -0.323. The average Bonchev–Trinajstić information content (AvgIpc) is 2.90. The van der Waals surface area contributed by atoms with Crippen molar-refractivity contribution in [2.45, 2.75) is 20.5 Å². The van der Waals surface area contributed by atoms with Crippen molar-refractivity contribution in [2.75, 3.05) is 39.3 Å². The van der Waals surface area contributed by atoms with Crippen molar-refractivity contribution in [1.82, 2.24) is 19.7 Å². The molecule has 0 spiro atoms. The molecule has 7 nitrogen and oxygen atoms in total. The Morgan fingerprint density at radius 1 is 1.16 bits per heavy atom. The Morgan fingerprint density at radius 2 is 1.84 bits per heavy atom. The third kappa shape index (κ3) is 4.49. The zero-order chi connectivity index (χ0) is 17.8. The zero-order valence-electron chi connectivity index (χ0n) is 14.9. The Labute approximate surface area is 147 Å². The van der Waals surface area contributed by atoms with Gasteiger partial charge in [0.15, 0.2) is 5.58 Å². The lowest BCUT2D eigenvalue weighted by Crippen LogP contribution is -2.50. The third-order valence-corrected chi connectivity index (χ3v) is 4.45. The fourth-order valence-corrected chi connectivity index (χ4v) is 3.01. The molecule has 0 atom stereocenters. The van der Waals surface area contributed by atoms with E-state index in [4.69, 9.17) is 4.42 Å². The van der Waals surface area contributed by atoms with Gasteiger partial charge in [0.25, 0.3) is 0 Å². The summed E-state index contributed by atoms with van der Waals surface area (Å²) in [6, 6.07) is 7.47. The highest BCUT2D eigenvalue weighted by Gasteiger charge is 2.20. The van der Waals surface area contributed by atoms with Crippen LogP contribution >= 0.6 is 0 Å². The molecule has 0 aliphatic carbocycles. The number of hydrogen-bond donors (Lipinski definition) is 1. The molecule has 0 saturated carbocycles. The van der Waals surface area contributed by atoms with Crippen molar-refractivity contribution in [2.24, 2.45) is 5.92 Å². The number of carbonyl (C=O) groups is 1. The molecular formula is C18H26N4O3. The average molecular weight is 346 g/mol. The van der Waals surface area contributed by atoms with Crippen molar-refractivity contribution in [3.63, 3.8) is 0 Å². The summed E-state index contributed by atoms with van der Waals surface area (Å²) in [7, 11) is 0. The van der Waals surface area contributed by atoms with Crippen molar-refractivity contribution in [3.8, 4) is 0 Å². The number of fused-ring (bicyclic) bond motifs is 1. The maximum Gasteiger partial charge on any atom is 0.421 e. The summed E-state index contributed by atoms with van der Waals surface area (Å²) in [6.07, 6.45) is 0. The summed E-state index contributed by atoms with van der Waals surface area (Å²) in [5.74, 6) is 0.222. The van der Waals surface area contributed by atoms with Crippen LogP contribution in [-0.4, -0.2) is 59.5 Å². The topological polar surface area (TPSA) is 70.7 Å². The monoisotopic (exact) mass is 346 g/mol. The Kier molecular flexibility index (Phi) is 5.55. The van der Waals surface area contributed by atoms with Gasteiger partial charge in [-0.05, 0) is 18.1 Å². The molecule has 2 aromatic rings. The summed E-state index contributed by atoms with van der Waals surface area (Å²) >= 11 is 0. The van der Waals surface area contributed by atoms with E-state index in [2.05, 4.69) is 29.0 Å². The molecule has 0 radical (unpaired) electrons. The number of para-hydroxylation sites is 2. The van der Waals surface area contributed by atoms with E-state index in [0.29, 0.717) is 24.7 Å². The molecule has 1 saturated heterocycles. The predicted molar refractivity (Wildman–Crippen MR) is 96.3 cm³/mol. The minimum Gasteiger partial charge on any atom is -0.408 e. The zero-order valence-corrected chi connectivity index (χ0v) is 14.9. The number of nitrogens with one attached hydrogen (secondary N) is 1. The molecular weight excluding hydrogens is 320 g/mol. The van der Waals surface area contributed by atoms with Gasteiger partial charge in [-0.15, -0.1) is 0 Å². The lowest BCUT2D eigenvalue weighted by molar-refractivity contribution is -0.122. The van der Waals surface area contributed by atoms with Crippen LogP contribution in [0.5, 0.6) is 0 Å². The molecule has 0 bridgehead atoms. The number of benzene rings is 1. The second-order valence-corrected chi connectivity index (χ2v) is 7.00. The van der Waals surface area contributed by atoms with Gasteiger partial charge >= 0.3 is 5.76 Å². The molecule has 0 unspecified atom stereocenters. The van der Waals surface area contributed by atoms with Gasteiger partial charge in [0.2, 0.25) is 5.91 Å². The standard InChI is InChI=1S/C18H26N4O3/c1-14(2)11-19-17(23)12-20-7-9-21(10-8-20)13-22-15-5-3-4-6-16(15)25-18(22)24/h3-6,14H,7-13H2,1-2H3,(H,19,23). The Balaban J connectivity index is 1.52. The number of piperazine rings is 1. The normalized spacial score (nSPS) is 16.6. The van der Waals surface area contributed by atoms with Crippen molar-refractivity contribution < 1.29 is 9.21 Å². The smallest absolute Gasteiger partial charge is 0.408 e. The Morgan fingerprint density at radius 3 is 2.56 bits per heavy atom. The van der Waals surface area contributed by atoms with Crippen molar-refractivity contribution in [3.05, 3.63) is 34.8 Å². The molecule has 7 heteroatoms. The van der Waals surface area contributed by atoms with Crippen molar-refractivity contribution in [1.29, 1.82) is 0 Å². The highest BCUT2D eigenvalue weighted by molar-refractivity contribution is 5.78. The number of amides is 1. The molecule has 1 aliphatic rings. The van der Waals surface area contributed by atoms with E-state index < -0.39 is 0 Å². The van der Waals surface area contributed by atoms with E-state index in [0.717, 1.165) is 38.2 Å². The van der Waals surface area contributed by atoms with Crippen LogP contribution in [0.4, 0.5) is 0 Å². The van der Waals surface area contributed by atoms with Crippen LogP contribution in [-0.2, 0) is 11.5 Å². The first kappa shape index (κ1) is 17.7. The molecule has 3 rings (SSSR count). The second kappa shape index (κ2) is 7.84. The number of rotatable bonds is 6. The van der Waals surface area contributed by atoms with Crippen LogP contribution in [0, 0.1) is 5.92 Å². The number of carbonyl (C=O) groups excluding carboxylic acids is 1. The molecule has 136 valence electrons. The first-order valence-electron chi connectivity index (χ1n) is 8.82. The Bertz CT molecular complexity index is 772. The Hall–Kier alpha value is -2.12. The van der Waals surface area contributed by atoms with Crippen LogP contribution in [0.15, 0.2) is 33.5 Å². The molecule has 25 heavy (non-hydrogen) atoms. The molecule has 2 heterocycles. The SMILES string of the molecule is CC(C)CNC(=O)CN1CCN(Cn2c(=O)oc3ccccc32)CC1. The van der Waals surface area contributed by atoms with E-state index >= 15 is 0 Å². The van der Waals surface area contributed by atoms with Gasteiger partial charge in [-0.3, -0.25) is 19.2 Å². The summed E-state index contributed by atoms with van der Waals surface area (Å²) in [5.41, 5.74) is 1.44. The quantitative estimate of drug-likeness (QED) is 0.843. The van der Waals surface area contributed by atoms with Gasteiger partial charge in [-0.1, -0.05) is 26.0 Å². The first-order valence-corrected chi connectivity index (χ1v) is 8.82. The molecule has 1 aromatic heterocycles. The van der Waals surface area contributed by atoms with Crippen LogP contribution < -0.4 is 11.1 Å². The summed E-state index contributed by atoms with van der Waals surface area (Å²) < 4.78 is 6.94. The highest BCUT2D eigenvalue weighted by Crippen LogP contribution is 2.13. The lowest BCUT2D eigenvalue weighted by atomic mass is 10.2. The van der Waals surface area contributed by atoms with Gasteiger partial charge in [0.05, 0.1) is 18.7 Å². The van der Waals surface area contributed by atoms with Crippen LogP contribution in [0.25, 0.3) is 11.1 Å². The largest absolute Gasteiger partial charge is 0.421 e. The van der Waals surface area contributed by atoms with Gasteiger partial charge in [0, 0.05) is 32.7 Å². The summed E-state index contributed by atoms with van der Waals surface area (Å²) in [6.45, 7) is 9.13. The van der Waals surface area contributed by atoms with Gasteiger partial charge in [-0.25, -0.2) is 4.79 Å². The fourth-order valence-electron chi connectivity index (χ4n) is 3.01. The summed E-state index contributed by atoms with van der Waals surface area (Å²) in [5, 5.41) is 2.95. The maximum atomic E-state index is 12.1. The number of hydrogen-bond acceptors (Lipinski definition) is 5. The van der Waals surface area contributed by atoms with E-state index in [-0.39, 0.29) is 11.7 Å². The molecule has 1 amide bonds. The molecule has 1 aliphatic heterocycles. The van der Waals surface area contributed by atoms with Crippen LogP contribution in [0.1, 0.15) is 13.8 Å². The van der Waals surface area contributed by atoms with E-state index in [9.17, 15) is 9.59 Å². The fraction of sp³-hybridized carbons (Fsp3) is 0.556. The highest BCUT2D eigenvalue weighted by atomic mass is 16.4. The predicted octanol–water partition coefficient (Wildman–Crippen LogP) is 0.942. The number of nitrogens with zero attached hydrogens (tertiary/aromatic N) is 3. The summed E-state index contributed by atoms with van der Waals surface area (Å²) in [4.78, 5) is 28.3. The molecule has 1 N–H and O–H groups in total. The number of aromatic nitrogens is 1. The van der Waals surface area contributed by atoms with E-state index in [1.807, 2.05) is 18.2 Å². The first-order chi connectivity index (χ1) is 12.0. The van der Waals surface area contributed by atoms with E-state index in [1.54, 1.807) is 10.6 Å². The second-order valence-electron chi connectivity index (χ2n) is 7.00. The minimum absolute atomic E-state index is 0.0826. The molecule has 1 fully saturated rings. The maximum absolute atomic E-state index is 12.1. The van der Waals surface area contributed by atoms with Crippen LogP contribution in [0.3, 0.4) is 0 Å². The van der Waals surface area contributed by atoms with E-state index in [1.165, 1.54) is 0 Å². The number of oxazole rings is 1. The van der Waals surface area contributed by atoms with Gasteiger partial charge < -0.3 is 9.73 Å². The van der Waals surface area contributed by atoms with Gasteiger partial charge in [0.1, 0.15) is 0 Å².